The third-order valence-electron chi connectivity index (χ3n) is 9.13. The number of hydrogen-bond donors (Lipinski definition) is 1. The Balaban J connectivity index is 0. The number of rotatable bonds is 19. The van der Waals surface area contributed by atoms with Crippen LogP contribution in [0.1, 0.15) is 121 Å². The molecule has 0 radical (unpaired) electrons. The van der Waals surface area contributed by atoms with Crippen molar-refractivity contribution in [2.24, 2.45) is 17.8 Å². The summed E-state index contributed by atoms with van der Waals surface area (Å²) in [6.07, 6.45) is 17.0. The lowest BCUT2D eigenvalue weighted by Crippen LogP contribution is -3.00. The van der Waals surface area contributed by atoms with Gasteiger partial charge in [-0.3, -0.25) is 0 Å². The summed E-state index contributed by atoms with van der Waals surface area (Å²) in [6, 6.07) is 0. The van der Waals surface area contributed by atoms with Crippen LogP contribution >= 0.6 is 7.26 Å². The van der Waals surface area contributed by atoms with Crippen molar-refractivity contribution in [2.75, 3.05) is 24.6 Å². The monoisotopic (exact) mass is 622 g/mol. The molecule has 0 aliphatic carbocycles. The number of halogens is 1. The molecular weight excluding hydrogens is 555 g/mol. The van der Waals surface area contributed by atoms with E-state index in [1.165, 1.54) is 68.7 Å². The summed E-state index contributed by atoms with van der Waals surface area (Å²) < 4.78 is 6.97. The van der Waals surface area contributed by atoms with Gasteiger partial charge < -0.3 is 26.5 Å². The fraction of sp³-hybridized carbons (Fsp3) is 0.938. The molecule has 37 heavy (non-hydrogen) atoms. The van der Waals surface area contributed by atoms with E-state index in [1.54, 1.807) is 0 Å². The van der Waals surface area contributed by atoms with Gasteiger partial charge in [-0.15, -0.1) is 0 Å². The average molecular weight is 624 g/mol. The van der Waals surface area contributed by atoms with Crippen LogP contribution in [0.15, 0.2) is 11.6 Å². The van der Waals surface area contributed by atoms with E-state index in [-0.39, 0.29) is 46.1 Å². The highest BCUT2D eigenvalue weighted by molar-refractivity contribution is 7.76. The van der Waals surface area contributed by atoms with Gasteiger partial charge >= 0.3 is 0 Å². The molecule has 0 fully saturated rings. The van der Waals surface area contributed by atoms with Crippen LogP contribution in [0, 0.1) is 17.8 Å². The second-order valence-corrected chi connectivity index (χ2v) is 22.8. The van der Waals surface area contributed by atoms with Crippen molar-refractivity contribution in [3.05, 3.63) is 11.6 Å². The molecule has 0 aromatic rings. The minimum Gasteiger partial charge on any atom is -1.00 e. The third kappa shape index (κ3) is 13.8. The Morgan fingerprint density at radius 2 is 1.32 bits per heavy atom. The molecule has 0 saturated carbocycles. The molecule has 0 amide bonds. The maximum Gasteiger partial charge on any atom is 0.192 e. The molecule has 5 heteroatoms. The van der Waals surface area contributed by atoms with E-state index < -0.39 is 15.6 Å². The van der Waals surface area contributed by atoms with Gasteiger partial charge in [0.25, 0.3) is 0 Å². The summed E-state index contributed by atoms with van der Waals surface area (Å²) in [6.45, 7) is 30.0. The van der Waals surface area contributed by atoms with E-state index in [9.17, 15) is 5.11 Å². The average Bonchev–Trinajstić information content (AvgIpc) is 2.80. The normalized spacial score (nSPS) is 17.6. The summed E-state index contributed by atoms with van der Waals surface area (Å²) in [7, 11) is -2.88. The third-order valence-corrected chi connectivity index (χ3v) is 18.6. The minimum absolute atomic E-state index is 0. The van der Waals surface area contributed by atoms with Gasteiger partial charge in [0.1, 0.15) is 0 Å². The fourth-order valence-corrected chi connectivity index (χ4v) is 12.1. The van der Waals surface area contributed by atoms with Crippen LogP contribution in [0.25, 0.3) is 0 Å². The Hall–Kier alpha value is 0.787. The summed E-state index contributed by atoms with van der Waals surface area (Å²) in [5, 5.41) is 11.7. The SMILES string of the molecule is CCCC[P+](CCCC)(CCCC)C/C(C)=C/[C@@H](C)[C@@H](O)[C@@H](C)[C@H](O[Si](C)(C)C(C)(C)C)[C@@H](C)CC.[Br-]. The van der Waals surface area contributed by atoms with Crippen molar-refractivity contribution in [3.8, 4) is 0 Å². The Kier molecular flexibility index (Phi) is 20.5. The first-order valence-electron chi connectivity index (χ1n) is 15.5. The molecule has 1 N–H and O–H groups in total. The van der Waals surface area contributed by atoms with Crippen LogP contribution in [-0.2, 0) is 4.43 Å². The molecule has 0 spiro atoms. The first-order valence-corrected chi connectivity index (χ1v) is 20.9. The molecule has 0 aromatic heterocycles. The van der Waals surface area contributed by atoms with Crippen molar-refractivity contribution in [1.82, 2.24) is 0 Å². The summed E-state index contributed by atoms with van der Waals surface area (Å²) in [5.41, 5.74) is 1.52. The van der Waals surface area contributed by atoms with Crippen molar-refractivity contribution >= 4 is 15.6 Å². The van der Waals surface area contributed by atoms with E-state index in [1.807, 2.05) is 0 Å². The van der Waals surface area contributed by atoms with Crippen molar-refractivity contribution in [1.29, 1.82) is 0 Å². The maximum absolute atomic E-state index is 11.6. The van der Waals surface area contributed by atoms with Crippen LogP contribution in [-0.4, -0.2) is 50.3 Å². The van der Waals surface area contributed by atoms with Crippen LogP contribution in [0.4, 0.5) is 0 Å². The van der Waals surface area contributed by atoms with Gasteiger partial charge in [-0.05, 0) is 55.8 Å². The molecule has 0 aromatic carbocycles. The van der Waals surface area contributed by atoms with Crippen molar-refractivity contribution in [3.63, 3.8) is 0 Å². The molecule has 0 unspecified atom stereocenters. The van der Waals surface area contributed by atoms with E-state index in [4.69, 9.17) is 4.43 Å². The maximum atomic E-state index is 11.6. The predicted molar refractivity (Wildman–Crippen MR) is 171 cm³/mol. The molecule has 5 atom stereocenters. The van der Waals surface area contributed by atoms with Crippen LogP contribution < -0.4 is 17.0 Å². The van der Waals surface area contributed by atoms with Gasteiger partial charge in [-0.25, -0.2) is 0 Å². The van der Waals surface area contributed by atoms with Gasteiger partial charge in [-0.1, -0.05) is 101 Å². The first kappa shape index (κ1) is 39.9. The zero-order valence-corrected chi connectivity index (χ0v) is 30.9. The van der Waals surface area contributed by atoms with Crippen molar-refractivity contribution < 1.29 is 26.5 Å². The summed E-state index contributed by atoms with van der Waals surface area (Å²) >= 11 is 0. The van der Waals surface area contributed by atoms with Gasteiger partial charge in [0, 0.05) is 19.1 Å². The molecule has 0 heterocycles. The first-order chi connectivity index (χ1) is 16.6. The quantitative estimate of drug-likeness (QED) is 0.0922. The second-order valence-electron chi connectivity index (χ2n) is 13.7. The minimum atomic E-state index is -1.91. The number of unbranched alkanes of at least 4 members (excludes halogenated alkanes) is 3. The number of allylic oxidation sites excluding steroid dienone is 1. The highest BCUT2D eigenvalue weighted by Crippen LogP contribution is 2.61. The molecule has 0 bridgehead atoms. The Morgan fingerprint density at radius 3 is 1.68 bits per heavy atom. The largest absolute Gasteiger partial charge is 1.00 e. The van der Waals surface area contributed by atoms with Crippen LogP contribution in [0.5, 0.6) is 0 Å². The molecular formula is C32H68BrO2PSi. The lowest BCUT2D eigenvalue weighted by Gasteiger charge is -2.44. The molecule has 0 aliphatic heterocycles. The molecule has 2 nitrogen and oxygen atoms in total. The molecule has 0 saturated heterocycles. The van der Waals surface area contributed by atoms with Gasteiger partial charge in [0.15, 0.2) is 8.32 Å². The van der Waals surface area contributed by atoms with E-state index in [0.29, 0.717) is 5.92 Å². The Labute approximate surface area is 246 Å². The van der Waals surface area contributed by atoms with Gasteiger partial charge in [-0.2, -0.15) is 0 Å². The summed E-state index contributed by atoms with van der Waals surface area (Å²) in [5.74, 6) is 0.713. The van der Waals surface area contributed by atoms with Crippen LogP contribution in [0.3, 0.4) is 0 Å². The van der Waals surface area contributed by atoms with E-state index in [2.05, 4.69) is 95.3 Å². The van der Waals surface area contributed by atoms with Gasteiger partial charge in [0.2, 0.25) is 0 Å². The number of aliphatic hydroxyl groups excluding tert-OH is 1. The highest BCUT2D eigenvalue weighted by atomic mass is 79.9. The van der Waals surface area contributed by atoms with E-state index in [0.717, 1.165) is 6.42 Å². The van der Waals surface area contributed by atoms with Crippen molar-refractivity contribution in [2.45, 2.75) is 151 Å². The molecule has 0 aliphatic rings. The number of aliphatic hydroxyl groups is 1. The zero-order valence-electron chi connectivity index (χ0n) is 27.4. The predicted octanol–water partition coefficient (Wildman–Crippen LogP) is 7.42. The fourth-order valence-electron chi connectivity index (χ4n) is 5.35. The lowest BCUT2D eigenvalue weighted by atomic mass is 9.83. The summed E-state index contributed by atoms with van der Waals surface area (Å²) in [4.78, 5) is 0. The van der Waals surface area contributed by atoms with Gasteiger partial charge in [0.05, 0.1) is 36.9 Å². The zero-order chi connectivity index (χ0) is 28.2. The topological polar surface area (TPSA) is 29.5 Å². The van der Waals surface area contributed by atoms with Crippen LogP contribution in [0.2, 0.25) is 18.1 Å². The Bertz CT molecular complexity index is 595. The smallest absolute Gasteiger partial charge is 0.192 e. The van der Waals surface area contributed by atoms with E-state index >= 15 is 0 Å². The lowest BCUT2D eigenvalue weighted by molar-refractivity contribution is -0.0142. The number of hydrogen-bond acceptors (Lipinski definition) is 2. The standard InChI is InChI=1S/C32H68O2PSi.BrH/c1-14-18-21-35(22-19-15-2,23-20-16-3)25-26(5)24-28(7)30(33)29(8)31(27(6)17-4)34-36(12,13)32(9,10)11;/h24,27-31,33H,14-23,25H2,1-13H3;1H/q+1;/p-1/b26-24+;/t27-,28+,29+,30+,31+;/m0./s1. The Morgan fingerprint density at radius 1 is 0.892 bits per heavy atom. The molecule has 0 rings (SSSR count). The highest BCUT2D eigenvalue weighted by Gasteiger charge is 2.43. The molecule has 224 valence electrons. The second kappa shape index (κ2) is 19.0.